The summed E-state index contributed by atoms with van der Waals surface area (Å²) in [4.78, 5) is 0. The molecule has 102 valence electrons. The van der Waals surface area contributed by atoms with E-state index < -0.39 is 0 Å². The average Bonchev–Trinajstić information content (AvgIpc) is 2.18. The summed E-state index contributed by atoms with van der Waals surface area (Å²) in [6.45, 7) is 10.4. The van der Waals surface area contributed by atoms with Crippen LogP contribution in [0.1, 0.15) is 85.5 Å². The zero-order chi connectivity index (χ0) is 12.8. The van der Waals surface area contributed by atoms with Gasteiger partial charge >= 0.3 is 0 Å². The molecule has 0 aromatic rings. The number of hydrogen-bond acceptors (Lipinski definition) is 1. The highest BCUT2D eigenvalue weighted by Gasteiger charge is 2.36. The van der Waals surface area contributed by atoms with E-state index in [1.54, 1.807) is 0 Å². The molecule has 0 aromatic heterocycles. The maximum atomic E-state index is 3.72. The monoisotopic (exact) mass is 239 g/mol. The van der Waals surface area contributed by atoms with E-state index in [0.29, 0.717) is 5.41 Å². The van der Waals surface area contributed by atoms with E-state index >= 15 is 0 Å². The third-order valence-corrected chi connectivity index (χ3v) is 4.22. The molecule has 0 amide bonds. The molecule has 0 unspecified atom stereocenters. The van der Waals surface area contributed by atoms with Crippen LogP contribution in [0.25, 0.3) is 0 Å². The molecule has 0 bridgehead atoms. The first-order valence-corrected chi connectivity index (χ1v) is 7.72. The van der Waals surface area contributed by atoms with E-state index in [9.17, 15) is 0 Å². The molecule has 1 saturated carbocycles. The van der Waals surface area contributed by atoms with E-state index in [4.69, 9.17) is 0 Å². The summed E-state index contributed by atoms with van der Waals surface area (Å²) in [5.41, 5.74) is 0.949. The first-order valence-electron chi connectivity index (χ1n) is 7.72. The standard InChI is InChI=1S/C16H33N/c1-5-6-7-8-9-11-16(12-10-13-16)14-17-15(2,3)4/h17H,5-14H2,1-4H3. The molecule has 1 heteroatoms. The van der Waals surface area contributed by atoms with Crippen LogP contribution in [0.4, 0.5) is 0 Å². The second-order valence-electron chi connectivity index (χ2n) is 7.12. The minimum Gasteiger partial charge on any atom is -0.312 e. The minimum absolute atomic E-state index is 0.283. The van der Waals surface area contributed by atoms with Crippen molar-refractivity contribution in [2.24, 2.45) is 5.41 Å². The molecule has 0 aromatic carbocycles. The van der Waals surface area contributed by atoms with Gasteiger partial charge in [0.15, 0.2) is 0 Å². The third-order valence-electron chi connectivity index (χ3n) is 4.22. The molecular formula is C16H33N. The average molecular weight is 239 g/mol. The van der Waals surface area contributed by atoms with Crippen LogP contribution in [-0.2, 0) is 0 Å². The van der Waals surface area contributed by atoms with Gasteiger partial charge in [-0.15, -0.1) is 0 Å². The normalized spacial score (nSPS) is 19.1. The van der Waals surface area contributed by atoms with Gasteiger partial charge in [-0.2, -0.15) is 0 Å². The second-order valence-corrected chi connectivity index (χ2v) is 7.12. The summed E-state index contributed by atoms with van der Waals surface area (Å²) in [6.07, 6.45) is 13.0. The summed E-state index contributed by atoms with van der Waals surface area (Å²) >= 11 is 0. The Hall–Kier alpha value is -0.0400. The smallest absolute Gasteiger partial charge is 0.00967 e. The van der Waals surface area contributed by atoms with Crippen LogP contribution in [0.2, 0.25) is 0 Å². The van der Waals surface area contributed by atoms with E-state index in [-0.39, 0.29) is 5.54 Å². The SMILES string of the molecule is CCCCCCCC1(CNC(C)(C)C)CCC1. The van der Waals surface area contributed by atoms with Gasteiger partial charge in [-0.05, 0) is 45.4 Å². The Balaban J connectivity index is 2.17. The summed E-state index contributed by atoms with van der Waals surface area (Å²) in [6, 6.07) is 0. The largest absolute Gasteiger partial charge is 0.312 e. The molecule has 1 nitrogen and oxygen atoms in total. The lowest BCUT2D eigenvalue weighted by Crippen LogP contribution is -2.46. The fourth-order valence-electron chi connectivity index (χ4n) is 2.75. The molecule has 0 aliphatic heterocycles. The van der Waals surface area contributed by atoms with E-state index in [1.165, 1.54) is 64.3 Å². The van der Waals surface area contributed by atoms with Crippen molar-refractivity contribution >= 4 is 0 Å². The summed E-state index contributed by atoms with van der Waals surface area (Å²) in [5, 5.41) is 3.72. The second kappa shape index (κ2) is 6.78. The topological polar surface area (TPSA) is 12.0 Å². The zero-order valence-electron chi connectivity index (χ0n) is 12.6. The van der Waals surface area contributed by atoms with Crippen molar-refractivity contribution in [2.45, 2.75) is 91.0 Å². The predicted molar refractivity (Wildman–Crippen MR) is 77.4 cm³/mol. The number of unbranched alkanes of at least 4 members (excludes halogenated alkanes) is 4. The van der Waals surface area contributed by atoms with Crippen LogP contribution < -0.4 is 5.32 Å². The Morgan fingerprint density at radius 2 is 1.65 bits per heavy atom. The number of nitrogens with one attached hydrogen (secondary N) is 1. The van der Waals surface area contributed by atoms with Crippen molar-refractivity contribution in [2.75, 3.05) is 6.54 Å². The highest BCUT2D eigenvalue weighted by atomic mass is 15.0. The zero-order valence-corrected chi connectivity index (χ0v) is 12.6. The van der Waals surface area contributed by atoms with Gasteiger partial charge in [0.25, 0.3) is 0 Å². The van der Waals surface area contributed by atoms with Gasteiger partial charge in [0, 0.05) is 12.1 Å². The van der Waals surface area contributed by atoms with Crippen LogP contribution in [0.3, 0.4) is 0 Å². The van der Waals surface area contributed by atoms with Crippen LogP contribution in [-0.4, -0.2) is 12.1 Å². The van der Waals surface area contributed by atoms with Gasteiger partial charge < -0.3 is 5.32 Å². The Morgan fingerprint density at radius 1 is 1.00 bits per heavy atom. The molecule has 0 atom stereocenters. The van der Waals surface area contributed by atoms with Crippen molar-refractivity contribution in [3.05, 3.63) is 0 Å². The lowest BCUT2D eigenvalue weighted by Gasteiger charge is -2.44. The highest BCUT2D eigenvalue weighted by Crippen LogP contribution is 2.44. The number of hydrogen-bond donors (Lipinski definition) is 1. The molecule has 0 radical (unpaired) electrons. The van der Waals surface area contributed by atoms with E-state index in [2.05, 4.69) is 33.0 Å². The molecule has 1 rings (SSSR count). The molecule has 1 aliphatic carbocycles. The highest BCUT2D eigenvalue weighted by molar-refractivity contribution is 4.91. The predicted octanol–water partition coefficient (Wildman–Crippen LogP) is 4.91. The fourth-order valence-corrected chi connectivity index (χ4v) is 2.75. The van der Waals surface area contributed by atoms with Crippen molar-refractivity contribution in [1.82, 2.24) is 5.32 Å². The maximum absolute atomic E-state index is 3.72. The van der Waals surface area contributed by atoms with Crippen molar-refractivity contribution in [1.29, 1.82) is 0 Å². The molecule has 0 heterocycles. The van der Waals surface area contributed by atoms with Crippen molar-refractivity contribution in [3.63, 3.8) is 0 Å². The minimum atomic E-state index is 0.283. The molecule has 1 N–H and O–H groups in total. The summed E-state index contributed by atoms with van der Waals surface area (Å²) in [5.74, 6) is 0. The Kier molecular flexibility index (Phi) is 5.99. The van der Waals surface area contributed by atoms with Crippen molar-refractivity contribution in [3.8, 4) is 0 Å². The Bertz CT molecular complexity index is 198. The Labute approximate surface area is 109 Å². The molecule has 1 fully saturated rings. The lowest BCUT2D eigenvalue weighted by atomic mass is 9.65. The van der Waals surface area contributed by atoms with Crippen LogP contribution in [0.5, 0.6) is 0 Å². The van der Waals surface area contributed by atoms with Gasteiger partial charge in [0.05, 0.1) is 0 Å². The lowest BCUT2D eigenvalue weighted by molar-refractivity contribution is 0.102. The van der Waals surface area contributed by atoms with Crippen LogP contribution in [0, 0.1) is 5.41 Å². The van der Waals surface area contributed by atoms with Gasteiger partial charge in [-0.3, -0.25) is 0 Å². The molecular weight excluding hydrogens is 206 g/mol. The quantitative estimate of drug-likeness (QED) is 0.594. The maximum Gasteiger partial charge on any atom is 0.00967 e. The van der Waals surface area contributed by atoms with E-state index in [0.717, 1.165) is 0 Å². The van der Waals surface area contributed by atoms with Crippen LogP contribution in [0.15, 0.2) is 0 Å². The van der Waals surface area contributed by atoms with E-state index in [1.807, 2.05) is 0 Å². The van der Waals surface area contributed by atoms with Crippen LogP contribution >= 0.6 is 0 Å². The first kappa shape index (κ1) is 15.0. The third kappa shape index (κ3) is 5.90. The first-order chi connectivity index (χ1) is 7.97. The Morgan fingerprint density at radius 3 is 2.12 bits per heavy atom. The molecule has 0 saturated heterocycles. The van der Waals surface area contributed by atoms with Crippen molar-refractivity contribution < 1.29 is 0 Å². The van der Waals surface area contributed by atoms with Gasteiger partial charge in [-0.1, -0.05) is 45.4 Å². The fraction of sp³-hybridized carbons (Fsp3) is 1.00. The summed E-state index contributed by atoms with van der Waals surface area (Å²) in [7, 11) is 0. The molecule has 0 spiro atoms. The van der Waals surface area contributed by atoms with Gasteiger partial charge in [-0.25, -0.2) is 0 Å². The summed E-state index contributed by atoms with van der Waals surface area (Å²) < 4.78 is 0. The molecule has 1 aliphatic rings. The van der Waals surface area contributed by atoms with Gasteiger partial charge in [0.2, 0.25) is 0 Å². The number of rotatable bonds is 8. The molecule has 17 heavy (non-hydrogen) atoms. The van der Waals surface area contributed by atoms with Gasteiger partial charge in [0.1, 0.15) is 0 Å².